The third-order valence-corrected chi connectivity index (χ3v) is 6.39. The maximum absolute atomic E-state index is 12.1. The Hall–Kier alpha value is -2.10. The molecule has 1 saturated carbocycles. The van der Waals surface area contributed by atoms with Gasteiger partial charge in [-0.2, -0.15) is 0 Å². The molecule has 0 aromatic heterocycles. The third-order valence-electron chi connectivity index (χ3n) is 6.39. The zero-order valence-corrected chi connectivity index (χ0v) is 18.8. The summed E-state index contributed by atoms with van der Waals surface area (Å²) in [6.07, 6.45) is 9.42. The molecule has 2 atom stereocenters. The number of rotatable bonds is 8. The van der Waals surface area contributed by atoms with Gasteiger partial charge in [0.05, 0.1) is 12.7 Å². The van der Waals surface area contributed by atoms with Gasteiger partial charge in [0.15, 0.2) is 0 Å². The van der Waals surface area contributed by atoms with Crippen LogP contribution in [0, 0.1) is 5.92 Å². The van der Waals surface area contributed by atoms with Crippen molar-refractivity contribution < 1.29 is 9.84 Å². The lowest BCUT2D eigenvalue weighted by Gasteiger charge is -2.39. The van der Waals surface area contributed by atoms with E-state index in [1.165, 1.54) is 17.6 Å². The molecule has 0 spiro atoms. The predicted molar refractivity (Wildman–Crippen MR) is 126 cm³/mol. The van der Waals surface area contributed by atoms with Crippen LogP contribution >= 0.6 is 0 Å². The molecule has 1 aliphatic rings. The number of benzene rings is 2. The van der Waals surface area contributed by atoms with Crippen LogP contribution in [0.1, 0.15) is 49.7 Å². The highest BCUT2D eigenvalue weighted by Crippen LogP contribution is 2.41. The van der Waals surface area contributed by atoms with E-state index < -0.39 is 5.60 Å². The summed E-state index contributed by atoms with van der Waals surface area (Å²) in [5, 5.41) is 12.1. The number of nitrogens with zero attached hydrogens (tertiary/aromatic N) is 1. The first-order chi connectivity index (χ1) is 14.5. The van der Waals surface area contributed by atoms with Gasteiger partial charge in [0.2, 0.25) is 0 Å². The quantitative estimate of drug-likeness (QED) is 0.580. The minimum Gasteiger partial charge on any atom is -0.497 e. The summed E-state index contributed by atoms with van der Waals surface area (Å²) in [6.45, 7) is 0.918. The van der Waals surface area contributed by atoms with Gasteiger partial charge in [-0.15, -0.1) is 0 Å². The molecule has 3 heteroatoms. The molecule has 3 nitrogen and oxygen atoms in total. The van der Waals surface area contributed by atoms with Crippen LogP contribution in [0.5, 0.6) is 5.75 Å². The average molecular weight is 408 g/mol. The summed E-state index contributed by atoms with van der Waals surface area (Å²) >= 11 is 0. The van der Waals surface area contributed by atoms with E-state index in [4.69, 9.17) is 4.74 Å². The monoisotopic (exact) mass is 407 g/mol. The van der Waals surface area contributed by atoms with Gasteiger partial charge in [0.1, 0.15) is 5.75 Å². The molecule has 162 valence electrons. The lowest BCUT2D eigenvalue weighted by Crippen LogP contribution is -2.44. The molecule has 0 bridgehead atoms. The molecule has 0 heterocycles. The SMILES string of the molecule is COc1ccc(/C=C2\CCCCC(CN(C)C)C2(O)CCCc2ccccc2)cc1. The highest BCUT2D eigenvalue weighted by atomic mass is 16.5. The normalized spacial score (nSPS) is 23.5. The zero-order chi connectivity index (χ0) is 21.4. The molecule has 0 radical (unpaired) electrons. The summed E-state index contributed by atoms with van der Waals surface area (Å²) in [6, 6.07) is 18.8. The molecule has 1 aliphatic carbocycles. The van der Waals surface area contributed by atoms with Gasteiger partial charge in [-0.3, -0.25) is 0 Å². The number of aryl methyl sites for hydroxylation is 1. The van der Waals surface area contributed by atoms with Crippen molar-refractivity contribution >= 4 is 6.08 Å². The topological polar surface area (TPSA) is 32.7 Å². The lowest BCUT2D eigenvalue weighted by molar-refractivity contribution is -0.00391. The Labute approximate surface area is 182 Å². The van der Waals surface area contributed by atoms with E-state index in [9.17, 15) is 5.11 Å². The Morgan fingerprint density at radius 3 is 2.47 bits per heavy atom. The van der Waals surface area contributed by atoms with Gasteiger partial charge in [-0.05, 0) is 81.5 Å². The first-order valence-electron chi connectivity index (χ1n) is 11.3. The lowest BCUT2D eigenvalue weighted by atomic mass is 9.75. The molecule has 1 N–H and O–H groups in total. The van der Waals surface area contributed by atoms with Crippen LogP contribution in [0.15, 0.2) is 60.2 Å². The van der Waals surface area contributed by atoms with Gasteiger partial charge in [0.25, 0.3) is 0 Å². The highest BCUT2D eigenvalue weighted by Gasteiger charge is 2.40. The summed E-state index contributed by atoms with van der Waals surface area (Å²) in [5.74, 6) is 1.12. The van der Waals surface area contributed by atoms with Crippen molar-refractivity contribution in [3.8, 4) is 5.75 Å². The number of methoxy groups -OCH3 is 1. The molecule has 0 amide bonds. The second-order valence-corrected chi connectivity index (χ2v) is 8.91. The van der Waals surface area contributed by atoms with Crippen molar-refractivity contribution in [2.45, 2.75) is 50.5 Å². The van der Waals surface area contributed by atoms with Gasteiger partial charge in [-0.1, -0.05) is 55.0 Å². The standard InChI is InChI=1S/C27H37NO2/c1-28(2)21-25-14-8-7-13-24(20-23-15-17-26(30-3)18-16-23)27(25,29)19-9-12-22-10-5-4-6-11-22/h4-6,10-11,15-18,20,25,29H,7-9,12-14,19,21H2,1-3H3/b24-20+. The minimum absolute atomic E-state index is 0.260. The van der Waals surface area contributed by atoms with Crippen LogP contribution < -0.4 is 4.74 Å². The number of aliphatic hydroxyl groups is 1. The van der Waals surface area contributed by atoms with Gasteiger partial charge < -0.3 is 14.7 Å². The van der Waals surface area contributed by atoms with Crippen LogP contribution in [0.4, 0.5) is 0 Å². The number of hydrogen-bond donors (Lipinski definition) is 1. The molecular formula is C27H37NO2. The van der Waals surface area contributed by atoms with Crippen LogP contribution in [0.2, 0.25) is 0 Å². The first-order valence-corrected chi connectivity index (χ1v) is 11.3. The van der Waals surface area contributed by atoms with E-state index in [0.29, 0.717) is 0 Å². The van der Waals surface area contributed by atoms with Crippen molar-refractivity contribution in [1.82, 2.24) is 4.90 Å². The Bertz CT molecular complexity index is 797. The molecule has 1 fully saturated rings. The fraction of sp³-hybridized carbons (Fsp3) is 0.481. The summed E-state index contributed by atoms with van der Waals surface area (Å²) in [5.41, 5.74) is 2.93. The van der Waals surface area contributed by atoms with E-state index in [-0.39, 0.29) is 5.92 Å². The third kappa shape index (κ3) is 5.96. The van der Waals surface area contributed by atoms with Crippen molar-refractivity contribution in [2.75, 3.05) is 27.7 Å². The second kappa shape index (κ2) is 10.8. The van der Waals surface area contributed by atoms with E-state index >= 15 is 0 Å². The smallest absolute Gasteiger partial charge is 0.118 e. The molecule has 2 aromatic rings. The van der Waals surface area contributed by atoms with E-state index in [1.807, 2.05) is 12.1 Å². The van der Waals surface area contributed by atoms with Crippen molar-refractivity contribution in [3.63, 3.8) is 0 Å². The maximum Gasteiger partial charge on any atom is 0.118 e. The van der Waals surface area contributed by atoms with Crippen LogP contribution in [-0.2, 0) is 6.42 Å². The minimum atomic E-state index is -0.754. The van der Waals surface area contributed by atoms with Crippen LogP contribution in [-0.4, -0.2) is 43.4 Å². The summed E-state index contributed by atoms with van der Waals surface area (Å²) in [4.78, 5) is 2.23. The van der Waals surface area contributed by atoms with E-state index in [1.54, 1.807) is 7.11 Å². The van der Waals surface area contributed by atoms with Gasteiger partial charge in [-0.25, -0.2) is 0 Å². The molecular weight excluding hydrogens is 370 g/mol. The van der Waals surface area contributed by atoms with E-state index in [0.717, 1.165) is 56.4 Å². The summed E-state index contributed by atoms with van der Waals surface area (Å²) in [7, 11) is 5.92. The van der Waals surface area contributed by atoms with Crippen molar-refractivity contribution in [2.24, 2.45) is 5.92 Å². The summed E-state index contributed by atoms with van der Waals surface area (Å²) < 4.78 is 5.30. The fourth-order valence-corrected chi connectivity index (χ4v) is 4.78. The second-order valence-electron chi connectivity index (χ2n) is 8.91. The predicted octanol–water partition coefficient (Wildman–Crippen LogP) is 5.58. The fourth-order valence-electron chi connectivity index (χ4n) is 4.78. The molecule has 3 rings (SSSR count). The molecule has 30 heavy (non-hydrogen) atoms. The highest BCUT2D eigenvalue weighted by molar-refractivity contribution is 5.56. The average Bonchev–Trinajstić information content (AvgIpc) is 2.89. The Morgan fingerprint density at radius 2 is 1.80 bits per heavy atom. The molecule has 2 unspecified atom stereocenters. The largest absolute Gasteiger partial charge is 0.497 e. The first kappa shape index (κ1) is 22.6. The van der Waals surface area contributed by atoms with E-state index in [2.05, 4.69) is 67.5 Å². The Balaban J connectivity index is 1.86. The molecule has 0 saturated heterocycles. The Morgan fingerprint density at radius 1 is 1.07 bits per heavy atom. The maximum atomic E-state index is 12.1. The number of ether oxygens (including phenoxy) is 1. The number of hydrogen-bond acceptors (Lipinski definition) is 3. The van der Waals surface area contributed by atoms with Crippen molar-refractivity contribution in [3.05, 3.63) is 71.3 Å². The van der Waals surface area contributed by atoms with Crippen molar-refractivity contribution in [1.29, 1.82) is 0 Å². The molecule has 2 aromatic carbocycles. The van der Waals surface area contributed by atoms with Gasteiger partial charge >= 0.3 is 0 Å². The molecule has 0 aliphatic heterocycles. The van der Waals surface area contributed by atoms with Crippen LogP contribution in [0.25, 0.3) is 6.08 Å². The van der Waals surface area contributed by atoms with Gasteiger partial charge in [0, 0.05) is 12.5 Å². The Kier molecular flexibility index (Phi) is 8.12. The van der Waals surface area contributed by atoms with Crippen LogP contribution in [0.3, 0.4) is 0 Å². The zero-order valence-electron chi connectivity index (χ0n) is 18.8.